The van der Waals surface area contributed by atoms with Crippen molar-refractivity contribution < 1.29 is 82.0 Å². The van der Waals surface area contributed by atoms with Crippen molar-refractivity contribution in [3.63, 3.8) is 0 Å². The van der Waals surface area contributed by atoms with Crippen LogP contribution in [0.25, 0.3) is 0 Å². The van der Waals surface area contributed by atoms with Crippen LogP contribution in [0.2, 0.25) is 0 Å². The van der Waals surface area contributed by atoms with E-state index in [1.165, 1.54) is 34.6 Å². The number of hydrogen-bond acceptors (Lipinski definition) is 6. The smallest absolute Gasteiger partial charge is 0.430 e. The molecule has 1 rings (SSSR count). The van der Waals surface area contributed by atoms with Crippen LogP contribution in [0.3, 0.4) is 0 Å². The van der Waals surface area contributed by atoms with Crippen molar-refractivity contribution in [2.45, 2.75) is 154 Å². The van der Waals surface area contributed by atoms with E-state index in [1.54, 1.807) is 6.92 Å². The molecule has 0 saturated heterocycles. The van der Waals surface area contributed by atoms with Gasteiger partial charge in [0.1, 0.15) is 6.10 Å². The maximum absolute atomic E-state index is 13.1. The topological polar surface area (TPSA) is 93.1 Å². The lowest BCUT2D eigenvalue weighted by Crippen LogP contribution is -2.70. The fraction of sp³-hybridized carbons (Fsp3) is 0.931. The Kier molecular flexibility index (Phi) is 14.2. The lowest BCUT2D eigenvalue weighted by Gasteiger charge is -2.44. The van der Waals surface area contributed by atoms with Crippen LogP contribution in [0, 0.1) is 16.7 Å². The van der Waals surface area contributed by atoms with Gasteiger partial charge < -0.3 is 19.7 Å². The summed E-state index contributed by atoms with van der Waals surface area (Å²) in [5.41, 5.74) is -15.7. The second kappa shape index (κ2) is 14.9. The van der Waals surface area contributed by atoms with Crippen LogP contribution in [0.4, 0.5) is 52.7 Å². The Hall–Kier alpha value is -1.98. The van der Waals surface area contributed by atoms with Crippen LogP contribution >= 0.6 is 0 Å². The molecule has 47 heavy (non-hydrogen) atoms. The number of hydrogen-bond donors (Lipinski definition) is 2. The Morgan fingerprint density at radius 3 is 1.32 bits per heavy atom. The molecule has 0 bridgehead atoms. The van der Waals surface area contributed by atoms with Gasteiger partial charge in [0.25, 0.3) is 11.2 Å². The molecule has 0 aromatic carbocycles. The molecule has 1 fully saturated rings. The molecule has 0 amide bonds. The summed E-state index contributed by atoms with van der Waals surface area (Å²) in [7, 11) is 0. The van der Waals surface area contributed by atoms with Gasteiger partial charge in [-0.1, -0.05) is 33.1 Å². The first-order valence-electron chi connectivity index (χ1n) is 14.8. The van der Waals surface area contributed by atoms with E-state index >= 15 is 0 Å². The summed E-state index contributed by atoms with van der Waals surface area (Å²) in [6.07, 6.45) is -24.1. The Morgan fingerprint density at radius 1 is 0.638 bits per heavy atom. The molecule has 0 radical (unpaired) electrons. The minimum Gasteiger partial charge on any atom is -0.462 e. The van der Waals surface area contributed by atoms with Crippen molar-refractivity contribution in [3.8, 4) is 0 Å². The van der Waals surface area contributed by atoms with E-state index in [0.29, 0.717) is 46.0 Å². The molecule has 2 N–H and O–H groups in total. The summed E-state index contributed by atoms with van der Waals surface area (Å²) in [5.74, 6) is -2.76. The third-order valence-corrected chi connectivity index (χ3v) is 8.78. The average Bonchev–Trinajstić information content (AvgIpc) is 2.89. The molecular weight excluding hydrogens is 672 g/mol. The molecule has 0 heterocycles. The molecule has 280 valence electrons. The molecule has 1 atom stereocenters. The predicted octanol–water partition coefficient (Wildman–Crippen LogP) is 8.76. The van der Waals surface area contributed by atoms with Crippen LogP contribution in [-0.2, 0) is 19.1 Å². The standard InChI is InChI=1S/C17H26F6O3.C12H18F6O3/c1-4-14(2,3)13(24)26-12(11-8-6-5-7-9-11)10-15(25,16(18,19)20)17(21,22)23;1-6-8(2,3)7(19)21-9(4,5)10(20,11(13,14)15)12(16,17)18/h11-12,25H,4-10H2,1-3H3;20H,6H2,1-5H3. The number of carbonyl (C=O) groups excluding carboxylic acids is 2. The number of rotatable bonds is 10. The normalized spacial score (nSPS) is 17.4. The molecule has 0 spiro atoms. The highest BCUT2D eigenvalue weighted by molar-refractivity contribution is 5.76. The molecule has 0 aromatic heterocycles. The van der Waals surface area contributed by atoms with Gasteiger partial charge in [0.05, 0.1) is 10.8 Å². The van der Waals surface area contributed by atoms with Gasteiger partial charge in [0.2, 0.25) is 0 Å². The van der Waals surface area contributed by atoms with Crippen LogP contribution in [-0.4, -0.2) is 69.8 Å². The Bertz CT molecular complexity index is 1010. The van der Waals surface area contributed by atoms with Gasteiger partial charge in [0, 0.05) is 6.42 Å². The quantitative estimate of drug-likeness (QED) is 0.174. The summed E-state index contributed by atoms with van der Waals surface area (Å²) in [5, 5.41) is 18.8. The summed E-state index contributed by atoms with van der Waals surface area (Å²) < 4.78 is 164. The molecule has 0 aliphatic heterocycles. The van der Waals surface area contributed by atoms with Crippen molar-refractivity contribution in [3.05, 3.63) is 0 Å². The van der Waals surface area contributed by atoms with Crippen molar-refractivity contribution in [1.29, 1.82) is 0 Å². The average molecular weight is 717 g/mol. The van der Waals surface area contributed by atoms with Gasteiger partial charge in [-0.05, 0) is 73.1 Å². The lowest BCUT2D eigenvalue weighted by molar-refractivity contribution is -0.408. The van der Waals surface area contributed by atoms with E-state index in [2.05, 4.69) is 4.74 Å². The van der Waals surface area contributed by atoms with Gasteiger partial charge in [-0.3, -0.25) is 9.59 Å². The van der Waals surface area contributed by atoms with Gasteiger partial charge in [-0.15, -0.1) is 0 Å². The molecule has 1 aliphatic rings. The predicted molar refractivity (Wildman–Crippen MR) is 144 cm³/mol. The molecule has 1 aliphatic carbocycles. The molecular formula is C29H44F12O6. The van der Waals surface area contributed by atoms with Crippen molar-refractivity contribution in [1.82, 2.24) is 0 Å². The highest BCUT2D eigenvalue weighted by atomic mass is 19.4. The summed E-state index contributed by atoms with van der Waals surface area (Å²) in [6, 6.07) is 0. The van der Waals surface area contributed by atoms with Gasteiger partial charge in [-0.2, -0.15) is 52.7 Å². The Labute approximate surface area is 265 Å². The number of halogens is 12. The number of ether oxygens (including phenoxy) is 2. The zero-order valence-corrected chi connectivity index (χ0v) is 27.4. The number of esters is 2. The highest BCUT2D eigenvalue weighted by Crippen LogP contribution is 2.51. The van der Waals surface area contributed by atoms with Crippen molar-refractivity contribution in [2.75, 3.05) is 0 Å². The van der Waals surface area contributed by atoms with E-state index in [1.807, 2.05) is 0 Å². The van der Waals surface area contributed by atoms with E-state index < -0.39 is 82.7 Å². The largest absolute Gasteiger partial charge is 0.462 e. The van der Waals surface area contributed by atoms with Crippen molar-refractivity contribution in [2.24, 2.45) is 16.7 Å². The molecule has 1 saturated carbocycles. The Morgan fingerprint density at radius 2 is 1.00 bits per heavy atom. The monoisotopic (exact) mass is 716 g/mol. The third-order valence-electron chi connectivity index (χ3n) is 8.78. The van der Waals surface area contributed by atoms with E-state index in [-0.39, 0.29) is 6.42 Å². The van der Waals surface area contributed by atoms with Crippen molar-refractivity contribution >= 4 is 11.9 Å². The third kappa shape index (κ3) is 10.3. The minimum absolute atomic E-state index is 0.137. The van der Waals surface area contributed by atoms with E-state index in [9.17, 15) is 72.5 Å². The van der Waals surface area contributed by atoms with Crippen LogP contribution in [0.1, 0.15) is 107 Å². The number of carbonyl (C=O) groups is 2. The second-order valence-corrected chi connectivity index (χ2v) is 13.5. The maximum atomic E-state index is 13.1. The van der Waals surface area contributed by atoms with Gasteiger partial charge in [0.15, 0.2) is 5.60 Å². The number of alkyl halides is 12. The fourth-order valence-electron chi connectivity index (χ4n) is 4.37. The van der Waals surface area contributed by atoms with E-state index in [4.69, 9.17) is 4.74 Å². The second-order valence-electron chi connectivity index (χ2n) is 13.5. The fourth-order valence-corrected chi connectivity index (χ4v) is 4.37. The first-order chi connectivity index (χ1) is 20.6. The van der Waals surface area contributed by atoms with E-state index in [0.717, 1.165) is 6.42 Å². The first-order valence-corrected chi connectivity index (χ1v) is 14.8. The van der Waals surface area contributed by atoms with Crippen LogP contribution in [0.15, 0.2) is 0 Å². The summed E-state index contributed by atoms with van der Waals surface area (Å²) >= 11 is 0. The van der Waals surface area contributed by atoms with Crippen LogP contribution in [0.5, 0.6) is 0 Å². The molecule has 6 nitrogen and oxygen atoms in total. The number of aliphatic hydroxyl groups is 2. The molecule has 0 aromatic rings. The molecule has 18 heteroatoms. The lowest BCUT2D eigenvalue weighted by atomic mass is 9.80. The van der Waals surface area contributed by atoms with Gasteiger partial charge in [-0.25, -0.2) is 0 Å². The molecule has 1 unspecified atom stereocenters. The van der Waals surface area contributed by atoms with Crippen LogP contribution < -0.4 is 0 Å². The zero-order chi connectivity index (χ0) is 37.9. The summed E-state index contributed by atoms with van der Waals surface area (Å²) in [4.78, 5) is 24.0. The van der Waals surface area contributed by atoms with Gasteiger partial charge >= 0.3 is 36.6 Å². The highest BCUT2D eigenvalue weighted by Gasteiger charge is 2.79. The Balaban J connectivity index is 0.000000923. The SMILES string of the molecule is CCC(C)(C)C(=O)OC(C)(C)C(O)(C(F)(F)F)C(F)(F)F.CCC(C)(C)C(=O)OC(CC(O)(C(F)(F)F)C(F)(F)F)C1CCCCC1. The zero-order valence-electron chi connectivity index (χ0n) is 27.4. The minimum atomic E-state index is -6.06. The first kappa shape index (κ1) is 45.0. The summed E-state index contributed by atoms with van der Waals surface area (Å²) in [6.45, 7) is 9.57. The maximum Gasteiger partial charge on any atom is 0.430 e.